The lowest BCUT2D eigenvalue weighted by atomic mass is 9.89. The summed E-state index contributed by atoms with van der Waals surface area (Å²) in [5.74, 6) is -1.30. The van der Waals surface area contributed by atoms with Crippen molar-refractivity contribution < 1.29 is 14.3 Å². The topological polar surface area (TPSA) is 85.3 Å². The molecule has 0 spiro atoms. The number of carbonyl (C=O) groups is 2. The molecule has 0 unspecified atom stereocenters. The number of amides is 2. The lowest BCUT2D eigenvalue weighted by Gasteiger charge is -2.33. The van der Waals surface area contributed by atoms with Crippen LogP contribution in [0, 0.1) is 12.8 Å². The van der Waals surface area contributed by atoms with Crippen molar-refractivity contribution in [2.45, 2.75) is 19.9 Å². The molecule has 1 saturated heterocycles. The maximum Gasteiger partial charge on any atom is 0.319 e. The molecule has 0 radical (unpaired) electrons. The molecule has 2 N–H and O–H groups in total. The predicted octanol–water partition coefficient (Wildman–Crippen LogP) is 2.88. The van der Waals surface area contributed by atoms with E-state index in [1.165, 1.54) is 0 Å². The third kappa shape index (κ3) is 3.17. The smallest absolute Gasteiger partial charge is 0.319 e. The fraction of sp³-hybridized carbons (Fsp3) is 0.278. The molecule has 0 saturated carbocycles. The summed E-state index contributed by atoms with van der Waals surface area (Å²) in [6.45, 7) is 7.52. The monoisotopic (exact) mass is 374 g/mol. The zero-order chi connectivity index (χ0) is 18.8. The van der Waals surface area contributed by atoms with E-state index in [0.717, 1.165) is 5.69 Å². The number of benzene rings is 1. The van der Waals surface area contributed by atoms with Crippen LogP contribution in [-0.2, 0) is 9.53 Å². The molecule has 2 atom stereocenters. The number of nitrogens with zero attached hydrogens (tertiary/aromatic N) is 2. The van der Waals surface area contributed by atoms with Crippen LogP contribution in [0.4, 0.5) is 4.79 Å². The van der Waals surface area contributed by atoms with E-state index in [9.17, 15) is 9.59 Å². The van der Waals surface area contributed by atoms with Crippen LogP contribution >= 0.6 is 11.6 Å². The van der Waals surface area contributed by atoms with Gasteiger partial charge in [-0.25, -0.2) is 9.48 Å². The molecule has 0 aliphatic carbocycles. The number of hydrogen-bond acceptors (Lipinski definition) is 4. The maximum absolute atomic E-state index is 12.5. The average molecular weight is 375 g/mol. The second-order valence-corrected chi connectivity index (χ2v) is 6.23. The van der Waals surface area contributed by atoms with Crippen LogP contribution in [-0.4, -0.2) is 28.4 Å². The Kier molecular flexibility index (Phi) is 4.99. The number of carbonyl (C=O) groups excluding carboxylic acids is 2. The van der Waals surface area contributed by atoms with Gasteiger partial charge in [0.15, 0.2) is 0 Å². The van der Waals surface area contributed by atoms with E-state index in [-0.39, 0.29) is 12.3 Å². The Morgan fingerprint density at radius 2 is 2.08 bits per heavy atom. The van der Waals surface area contributed by atoms with Gasteiger partial charge in [-0.1, -0.05) is 36.4 Å². The Morgan fingerprint density at radius 3 is 2.73 bits per heavy atom. The second-order valence-electron chi connectivity index (χ2n) is 5.87. The first-order valence-corrected chi connectivity index (χ1v) is 8.55. The van der Waals surface area contributed by atoms with Gasteiger partial charge in [-0.2, -0.15) is 5.10 Å². The van der Waals surface area contributed by atoms with Crippen molar-refractivity contribution in [1.29, 1.82) is 0 Å². The van der Waals surface area contributed by atoms with Crippen molar-refractivity contribution in [2.75, 3.05) is 6.61 Å². The maximum atomic E-state index is 12.5. The second kappa shape index (κ2) is 7.21. The van der Waals surface area contributed by atoms with Gasteiger partial charge in [-0.05, 0) is 26.0 Å². The fourth-order valence-electron chi connectivity index (χ4n) is 3.04. The number of para-hydroxylation sites is 1. The Labute approximate surface area is 156 Å². The Balaban J connectivity index is 2.08. The Bertz CT molecular complexity index is 863. The highest BCUT2D eigenvalue weighted by Gasteiger charge is 2.41. The summed E-state index contributed by atoms with van der Waals surface area (Å²) >= 11 is 6.59. The van der Waals surface area contributed by atoms with Crippen LogP contribution < -0.4 is 10.6 Å². The van der Waals surface area contributed by atoms with Gasteiger partial charge in [-0.3, -0.25) is 4.79 Å². The van der Waals surface area contributed by atoms with Gasteiger partial charge in [0.05, 0.1) is 24.0 Å². The summed E-state index contributed by atoms with van der Waals surface area (Å²) < 4.78 is 6.72. The third-order valence-corrected chi connectivity index (χ3v) is 4.53. The van der Waals surface area contributed by atoms with Gasteiger partial charge < -0.3 is 15.4 Å². The largest absolute Gasteiger partial charge is 0.465 e. The van der Waals surface area contributed by atoms with E-state index in [1.54, 1.807) is 18.5 Å². The molecule has 3 rings (SSSR count). The molecule has 7 nitrogen and oxygen atoms in total. The average Bonchev–Trinajstić information content (AvgIpc) is 2.89. The van der Waals surface area contributed by atoms with Crippen molar-refractivity contribution in [1.82, 2.24) is 20.4 Å². The van der Waals surface area contributed by atoms with Crippen molar-refractivity contribution in [3.8, 4) is 5.69 Å². The third-order valence-electron chi connectivity index (χ3n) is 4.17. The van der Waals surface area contributed by atoms with E-state index in [1.807, 2.05) is 30.3 Å². The molecule has 2 aromatic rings. The predicted molar refractivity (Wildman–Crippen MR) is 97.0 cm³/mol. The highest BCUT2D eigenvalue weighted by molar-refractivity contribution is 6.30. The van der Waals surface area contributed by atoms with Crippen LogP contribution in [0.2, 0.25) is 5.15 Å². The van der Waals surface area contributed by atoms with Gasteiger partial charge in [0, 0.05) is 11.3 Å². The quantitative estimate of drug-likeness (QED) is 0.806. The number of halogens is 1. The molecule has 1 aromatic heterocycles. The minimum Gasteiger partial charge on any atom is -0.465 e. The normalized spacial score (nSPS) is 19.7. The molecule has 8 heteroatoms. The number of nitrogens with one attached hydrogen (secondary N) is 2. The van der Waals surface area contributed by atoms with E-state index in [2.05, 4.69) is 22.3 Å². The molecule has 136 valence electrons. The summed E-state index contributed by atoms with van der Waals surface area (Å²) in [5.41, 5.74) is 2.21. The highest BCUT2D eigenvalue weighted by atomic mass is 35.5. The number of hydrogen-bond donors (Lipinski definition) is 2. The van der Waals surface area contributed by atoms with Gasteiger partial charge in [0.25, 0.3) is 0 Å². The summed E-state index contributed by atoms with van der Waals surface area (Å²) in [5, 5.41) is 10.1. The first-order chi connectivity index (χ1) is 12.4. The summed E-state index contributed by atoms with van der Waals surface area (Å²) in [6.07, 6.45) is 0. The van der Waals surface area contributed by atoms with Crippen molar-refractivity contribution in [3.63, 3.8) is 0 Å². The Morgan fingerprint density at radius 1 is 1.38 bits per heavy atom. The molecule has 1 aromatic carbocycles. The standard InChI is InChI=1S/C18H19ClN4O3/c1-4-26-17(24)14-10(2)20-18(25)21-15(14)13-11(3)22-23(16(13)19)12-8-6-5-7-9-12/h5-9,14-15H,2,4H2,1,3H3,(H2,20,21,25)/t14-,15+/m0/s1. The molecule has 0 bridgehead atoms. The number of esters is 1. The molecule has 2 heterocycles. The van der Waals surface area contributed by atoms with E-state index < -0.39 is 24.0 Å². The fourth-order valence-corrected chi connectivity index (χ4v) is 3.43. The SMILES string of the molecule is C=C1NC(=O)N[C@H](c2c(C)nn(-c3ccccc3)c2Cl)[C@H]1C(=O)OCC. The molecule has 26 heavy (non-hydrogen) atoms. The molecule has 1 fully saturated rings. The summed E-state index contributed by atoms with van der Waals surface area (Å²) in [4.78, 5) is 24.4. The number of rotatable bonds is 4. The number of urea groups is 1. The van der Waals surface area contributed by atoms with Crippen LogP contribution in [0.25, 0.3) is 5.69 Å². The lowest BCUT2D eigenvalue weighted by Crippen LogP contribution is -2.51. The molecule has 1 aliphatic heterocycles. The zero-order valence-electron chi connectivity index (χ0n) is 14.5. The first-order valence-electron chi connectivity index (χ1n) is 8.17. The molecular formula is C18H19ClN4O3. The molecular weight excluding hydrogens is 356 g/mol. The minimum atomic E-state index is -0.808. The number of aromatic nitrogens is 2. The molecule has 1 aliphatic rings. The van der Waals surface area contributed by atoms with Crippen molar-refractivity contribution in [3.05, 3.63) is 59.0 Å². The van der Waals surface area contributed by atoms with Crippen LogP contribution in [0.5, 0.6) is 0 Å². The summed E-state index contributed by atoms with van der Waals surface area (Å²) in [7, 11) is 0. The Hall–Kier alpha value is -2.80. The number of ether oxygens (including phenoxy) is 1. The van der Waals surface area contributed by atoms with E-state index >= 15 is 0 Å². The van der Waals surface area contributed by atoms with Crippen LogP contribution in [0.15, 0.2) is 42.6 Å². The van der Waals surface area contributed by atoms with Gasteiger partial charge >= 0.3 is 12.0 Å². The minimum absolute atomic E-state index is 0.221. The van der Waals surface area contributed by atoms with Crippen LogP contribution in [0.1, 0.15) is 24.2 Å². The number of aryl methyl sites for hydroxylation is 1. The first kappa shape index (κ1) is 18.0. The van der Waals surface area contributed by atoms with Gasteiger partial charge in [0.1, 0.15) is 11.1 Å². The van der Waals surface area contributed by atoms with Gasteiger partial charge in [0.2, 0.25) is 0 Å². The van der Waals surface area contributed by atoms with Crippen molar-refractivity contribution >= 4 is 23.6 Å². The van der Waals surface area contributed by atoms with Crippen molar-refractivity contribution in [2.24, 2.45) is 5.92 Å². The van der Waals surface area contributed by atoms with Gasteiger partial charge in [-0.15, -0.1) is 0 Å². The molecule has 2 amide bonds. The van der Waals surface area contributed by atoms with Crippen LogP contribution in [0.3, 0.4) is 0 Å². The van der Waals surface area contributed by atoms with E-state index in [0.29, 0.717) is 16.4 Å². The summed E-state index contributed by atoms with van der Waals surface area (Å²) in [6, 6.07) is 8.19. The zero-order valence-corrected chi connectivity index (χ0v) is 15.2. The van der Waals surface area contributed by atoms with E-state index in [4.69, 9.17) is 16.3 Å². The lowest BCUT2D eigenvalue weighted by molar-refractivity contribution is -0.147. The highest BCUT2D eigenvalue weighted by Crippen LogP contribution is 2.37.